The van der Waals surface area contributed by atoms with E-state index in [1.54, 1.807) is 0 Å². The Kier molecular flexibility index (Phi) is 7.70. The predicted molar refractivity (Wildman–Crippen MR) is 84.0 cm³/mol. The standard InChI is InChI=1S/C14H26N2O11/c1-25-13-11(23)9(21)6(18)4(27-13)2-15-14(24)16-12-10(22)8(20)7(19)5(3-17)26-12/h4-13,17-23H,2-3H2,1H3,(H2,15,16,24)/t4-,5-,6-,7-,8+,9+,10-,11-,12-,13+/m1/s1. The molecule has 2 amide bonds. The lowest BCUT2D eigenvalue weighted by molar-refractivity contribution is -0.288. The summed E-state index contributed by atoms with van der Waals surface area (Å²) in [5, 5.41) is 72.2. The van der Waals surface area contributed by atoms with E-state index in [9.17, 15) is 35.4 Å². The summed E-state index contributed by atoms with van der Waals surface area (Å²) in [6.07, 6.45) is -14.3. The van der Waals surface area contributed by atoms with Gasteiger partial charge in [-0.3, -0.25) is 0 Å². The van der Waals surface area contributed by atoms with Crippen LogP contribution >= 0.6 is 0 Å². The Balaban J connectivity index is 1.88. The van der Waals surface area contributed by atoms with Crippen LogP contribution in [-0.4, -0.2) is 123 Å². The monoisotopic (exact) mass is 398 g/mol. The molecule has 0 radical (unpaired) electrons. The van der Waals surface area contributed by atoms with Gasteiger partial charge in [0.25, 0.3) is 0 Å². The Morgan fingerprint density at radius 2 is 1.48 bits per heavy atom. The smallest absolute Gasteiger partial charge is 0.316 e. The first-order chi connectivity index (χ1) is 12.7. The van der Waals surface area contributed by atoms with Crippen LogP contribution in [0.1, 0.15) is 0 Å². The molecule has 0 saturated carbocycles. The molecule has 0 aromatic rings. The number of aliphatic hydroxyl groups excluding tert-OH is 7. The van der Waals surface area contributed by atoms with Crippen LogP contribution in [0.15, 0.2) is 0 Å². The molecule has 0 aromatic carbocycles. The van der Waals surface area contributed by atoms with E-state index < -0.39 is 74.0 Å². The molecule has 0 spiro atoms. The highest BCUT2D eigenvalue weighted by Crippen LogP contribution is 2.22. The van der Waals surface area contributed by atoms with E-state index in [0.717, 1.165) is 0 Å². The summed E-state index contributed by atoms with van der Waals surface area (Å²) in [6.45, 7) is -0.945. The van der Waals surface area contributed by atoms with Crippen LogP contribution in [0.25, 0.3) is 0 Å². The molecule has 0 unspecified atom stereocenters. The number of rotatable bonds is 5. The molecule has 158 valence electrons. The molecular weight excluding hydrogens is 372 g/mol. The van der Waals surface area contributed by atoms with Gasteiger partial charge in [-0.15, -0.1) is 0 Å². The van der Waals surface area contributed by atoms with Gasteiger partial charge in [-0.25, -0.2) is 4.79 Å². The largest absolute Gasteiger partial charge is 0.394 e. The van der Waals surface area contributed by atoms with E-state index in [1.807, 2.05) is 0 Å². The molecule has 2 saturated heterocycles. The third kappa shape index (κ3) is 4.83. The molecular formula is C14H26N2O11. The van der Waals surface area contributed by atoms with Crippen LogP contribution in [0.3, 0.4) is 0 Å². The molecule has 9 N–H and O–H groups in total. The second kappa shape index (κ2) is 9.38. The maximum absolute atomic E-state index is 12.0. The van der Waals surface area contributed by atoms with Crippen molar-refractivity contribution in [2.24, 2.45) is 0 Å². The summed E-state index contributed by atoms with van der Waals surface area (Å²) in [5.74, 6) is 0. The Hall–Kier alpha value is -1.13. The Morgan fingerprint density at radius 1 is 0.889 bits per heavy atom. The average molecular weight is 398 g/mol. The number of hydrogen-bond acceptors (Lipinski definition) is 11. The van der Waals surface area contributed by atoms with E-state index in [1.165, 1.54) is 7.11 Å². The lowest BCUT2D eigenvalue weighted by atomic mass is 9.98. The van der Waals surface area contributed by atoms with Crippen molar-refractivity contribution in [3.63, 3.8) is 0 Å². The van der Waals surface area contributed by atoms with E-state index in [0.29, 0.717) is 0 Å². The number of urea groups is 1. The second-order valence-electron chi connectivity index (χ2n) is 6.35. The van der Waals surface area contributed by atoms with E-state index in [-0.39, 0.29) is 6.54 Å². The molecule has 0 aromatic heterocycles. The summed E-state index contributed by atoms with van der Waals surface area (Å²) >= 11 is 0. The van der Waals surface area contributed by atoms with Crippen molar-refractivity contribution in [1.29, 1.82) is 0 Å². The third-order valence-corrected chi connectivity index (χ3v) is 4.53. The van der Waals surface area contributed by atoms with Crippen molar-refractivity contribution in [2.75, 3.05) is 20.3 Å². The number of ether oxygens (including phenoxy) is 3. The van der Waals surface area contributed by atoms with Gasteiger partial charge < -0.3 is 60.6 Å². The Morgan fingerprint density at radius 3 is 2.07 bits per heavy atom. The van der Waals surface area contributed by atoms with Crippen LogP contribution in [0.5, 0.6) is 0 Å². The summed E-state index contributed by atoms with van der Waals surface area (Å²) in [7, 11) is 1.23. The molecule has 0 aliphatic carbocycles. The van der Waals surface area contributed by atoms with Crippen LogP contribution < -0.4 is 10.6 Å². The summed E-state index contributed by atoms with van der Waals surface area (Å²) in [4.78, 5) is 12.0. The van der Waals surface area contributed by atoms with Gasteiger partial charge in [0.2, 0.25) is 0 Å². The van der Waals surface area contributed by atoms with Crippen LogP contribution in [0.4, 0.5) is 4.79 Å². The van der Waals surface area contributed by atoms with Crippen LogP contribution in [0, 0.1) is 0 Å². The minimum absolute atomic E-state index is 0.298. The fourth-order valence-corrected chi connectivity index (χ4v) is 2.87. The summed E-state index contributed by atoms with van der Waals surface area (Å²) in [6, 6.07) is -0.885. The average Bonchev–Trinajstić information content (AvgIpc) is 2.66. The molecule has 13 heteroatoms. The predicted octanol–water partition coefficient (Wildman–Crippen LogP) is -5.46. The lowest BCUT2D eigenvalue weighted by Gasteiger charge is -2.41. The molecule has 13 nitrogen and oxygen atoms in total. The molecule has 2 fully saturated rings. The number of carbonyl (C=O) groups excluding carboxylic acids is 1. The number of methoxy groups -OCH3 is 1. The topological polar surface area (TPSA) is 210 Å². The fraction of sp³-hybridized carbons (Fsp3) is 0.929. The van der Waals surface area contributed by atoms with Gasteiger partial charge in [0, 0.05) is 13.7 Å². The van der Waals surface area contributed by atoms with Gasteiger partial charge in [0.1, 0.15) is 48.8 Å². The van der Waals surface area contributed by atoms with E-state index in [2.05, 4.69) is 10.6 Å². The highest BCUT2D eigenvalue weighted by atomic mass is 16.7. The van der Waals surface area contributed by atoms with Gasteiger partial charge in [-0.2, -0.15) is 0 Å². The normalized spacial score (nSPS) is 45.3. The van der Waals surface area contributed by atoms with Gasteiger partial charge in [-0.05, 0) is 0 Å². The van der Waals surface area contributed by atoms with Crippen molar-refractivity contribution >= 4 is 6.03 Å². The van der Waals surface area contributed by atoms with E-state index in [4.69, 9.17) is 19.3 Å². The van der Waals surface area contributed by atoms with Crippen molar-refractivity contribution in [2.45, 2.75) is 61.3 Å². The van der Waals surface area contributed by atoms with E-state index >= 15 is 0 Å². The van der Waals surface area contributed by atoms with Gasteiger partial charge in [0.15, 0.2) is 12.5 Å². The van der Waals surface area contributed by atoms with Gasteiger partial charge in [-0.1, -0.05) is 0 Å². The number of nitrogens with one attached hydrogen (secondary N) is 2. The molecule has 27 heavy (non-hydrogen) atoms. The minimum atomic E-state index is -1.65. The maximum atomic E-state index is 12.0. The highest BCUT2D eigenvalue weighted by molar-refractivity contribution is 5.74. The number of hydrogen-bond donors (Lipinski definition) is 9. The van der Waals surface area contributed by atoms with Gasteiger partial charge >= 0.3 is 6.03 Å². The molecule has 2 rings (SSSR count). The zero-order chi connectivity index (χ0) is 20.3. The molecule has 0 bridgehead atoms. The maximum Gasteiger partial charge on any atom is 0.316 e. The molecule has 2 heterocycles. The quantitative estimate of drug-likeness (QED) is 0.213. The lowest BCUT2D eigenvalue weighted by Crippen LogP contribution is -2.65. The Labute approximate surface area is 154 Å². The summed E-state index contributed by atoms with van der Waals surface area (Å²) in [5.41, 5.74) is 0. The molecule has 2 aliphatic heterocycles. The first kappa shape index (κ1) is 22.2. The minimum Gasteiger partial charge on any atom is -0.394 e. The highest BCUT2D eigenvalue weighted by Gasteiger charge is 2.45. The SMILES string of the molecule is CO[C@H]1O[C@H](CNC(=O)N[C@@H]2O[C@H](CO)[C@@H](O)[C@H](O)[C@H]2O)[C@@H](O)[C@H](O)[C@H]1O. The zero-order valence-corrected chi connectivity index (χ0v) is 14.5. The number of amides is 2. The van der Waals surface area contributed by atoms with Crippen molar-refractivity contribution in [3.05, 3.63) is 0 Å². The number of aliphatic hydroxyl groups is 7. The fourth-order valence-electron chi connectivity index (χ4n) is 2.87. The van der Waals surface area contributed by atoms with Crippen LogP contribution in [-0.2, 0) is 14.2 Å². The Bertz CT molecular complexity index is 494. The zero-order valence-electron chi connectivity index (χ0n) is 14.5. The first-order valence-corrected chi connectivity index (χ1v) is 8.28. The molecule has 10 atom stereocenters. The summed E-state index contributed by atoms with van der Waals surface area (Å²) < 4.78 is 15.2. The third-order valence-electron chi connectivity index (χ3n) is 4.53. The van der Waals surface area contributed by atoms with Crippen molar-refractivity contribution < 1.29 is 54.8 Å². The first-order valence-electron chi connectivity index (χ1n) is 8.28. The van der Waals surface area contributed by atoms with Crippen LogP contribution in [0.2, 0.25) is 0 Å². The van der Waals surface area contributed by atoms with Crippen molar-refractivity contribution in [3.8, 4) is 0 Å². The molecule has 2 aliphatic rings. The van der Waals surface area contributed by atoms with Crippen molar-refractivity contribution in [1.82, 2.24) is 10.6 Å². The second-order valence-corrected chi connectivity index (χ2v) is 6.35. The number of carbonyl (C=O) groups is 1. The van der Waals surface area contributed by atoms with Gasteiger partial charge in [0.05, 0.1) is 6.61 Å².